The highest BCUT2D eigenvalue weighted by molar-refractivity contribution is 6.05. The molecule has 9 nitrogen and oxygen atoms in total. The number of carboxylic acid groups (broad SMARTS) is 1. The van der Waals surface area contributed by atoms with E-state index in [0.717, 1.165) is 0 Å². The number of quaternary nitrogens is 1. The molecule has 1 fully saturated rings. The Morgan fingerprint density at radius 1 is 1.06 bits per heavy atom. The molecule has 0 spiro atoms. The van der Waals surface area contributed by atoms with Crippen LogP contribution in [0.2, 0.25) is 0 Å². The van der Waals surface area contributed by atoms with Gasteiger partial charge in [-0.15, -0.1) is 0 Å². The number of amides is 5. The van der Waals surface area contributed by atoms with E-state index in [1.54, 1.807) is 72.9 Å². The van der Waals surface area contributed by atoms with Gasteiger partial charge in [0.05, 0.1) is 12.1 Å². The highest BCUT2D eigenvalue weighted by Crippen LogP contribution is 2.28. The molecule has 0 radical (unpaired) electrons. The minimum Gasteiger partial charge on any atom is -0.435 e. The summed E-state index contributed by atoms with van der Waals surface area (Å²) in [5.41, 5.74) is 7.77. The molecule has 164 valence electrons. The third-order valence-electron chi connectivity index (χ3n) is 5.25. The van der Waals surface area contributed by atoms with E-state index >= 15 is 0 Å². The van der Waals surface area contributed by atoms with E-state index in [4.69, 9.17) is 5.73 Å². The molecule has 4 N–H and O–H groups in total. The van der Waals surface area contributed by atoms with Crippen LogP contribution in [-0.2, 0) is 0 Å². The molecular weight excluding hydrogens is 422 g/mol. The fraction of sp³-hybridized carbons (Fsp3) is 0.0833. The van der Waals surface area contributed by atoms with Crippen LogP contribution in [0.15, 0.2) is 72.9 Å². The predicted molar refractivity (Wildman–Crippen MR) is 122 cm³/mol. The van der Waals surface area contributed by atoms with Crippen molar-refractivity contribution in [3.8, 4) is 11.8 Å². The summed E-state index contributed by atoms with van der Waals surface area (Å²) in [4.78, 5) is 43.5. The number of nitrogen functional groups attached to an aromatic ring is 1. The van der Waals surface area contributed by atoms with Gasteiger partial charge in [-0.05, 0) is 42.5 Å². The van der Waals surface area contributed by atoms with Gasteiger partial charge in [0.2, 0.25) is 0 Å². The molecule has 4 rings (SSSR count). The van der Waals surface area contributed by atoms with Crippen LogP contribution in [0, 0.1) is 11.8 Å². The van der Waals surface area contributed by atoms with Crippen molar-refractivity contribution in [2.45, 2.75) is 0 Å². The number of carbonyl (C=O) groups is 3. The lowest BCUT2D eigenvalue weighted by atomic mass is 10.2. The van der Waals surface area contributed by atoms with E-state index in [-0.39, 0.29) is 13.1 Å². The van der Waals surface area contributed by atoms with Gasteiger partial charge in [-0.3, -0.25) is 10.2 Å². The van der Waals surface area contributed by atoms with Crippen LogP contribution >= 0.6 is 0 Å². The zero-order valence-corrected chi connectivity index (χ0v) is 17.4. The monoisotopic (exact) mass is 442 g/mol. The zero-order chi connectivity index (χ0) is 23.4. The van der Waals surface area contributed by atoms with Crippen molar-refractivity contribution >= 4 is 35.3 Å². The Bertz CT molecular complexity index is 1300. The van der Waals surface area contributed by atoms with Gasteiger partial charge < -0.3 is 10.8 Å². The van der Waals surface area contributed by atoms with Crippen LogP contribution in [0.3, 0.4) is 0 Å². The Kier molecular flexibility index (Phi) is 5.76. The van der Waals surface area contributed by atoms with Crippen LogP contribution < -0.4 is 16.0 Å². The van der Waals surface area contributed by atoms with Crippen LogP contribution in [0.5, 0.6) is 0 Å². The number of aromatic nitrogens is 1. The predicted octanol–water partition coefficient (Wildman–Crippen LogP) is 3.73. The first-order valence-electron chi connectivity index (χ1n) is 10.0. The average Bonchev–Trinajstić information content (AvgIpc) is 3.17. The number of pyridine rings is 1. The van der Waals surface area contributed by atoms with Crippen LogP contribution in [0.4, 0.5) is 31.6 Å². The lowest BCUT2D eigenvalue weighted by Gasteiger charge is -2.22. The highest BCUT2D eigenvalue weighted by Gasteiger charge is 2.60. The molecule has 0 saturated carbocycles. The molecule has 3 aromatic rings. The van der Waals surface area contributed by atoms with Crippen molar-refractivity contribution in [1.82, 2.24) is 4.98 Å². The van der Waals surface area contributed by atoms with Crippen LogP contribution in [0.1, 0.15) is 11.1 Å². The number of imide groups is 3. The summed E-state index contributed by atoms with van der Waals surface area (Å²) >= 11 is 0. The van der Waals surface area contributed by atoms with E-state index in [0.29, 0.717) is 28.3 Å². The maximum absolute atomic E-state index is 13.1. The fourth-order valence-corrected chi connectivity index (χ4v) is 3.50. The lowest BCUT2D eigenvalue weighted by molar-refractivity contribution is -0.675. The van der Waals surface area contributed by atoms with Crippen molar-refractivity contribution in [1.29, 1.82) is 0 Å². The van der Waals surface area contributed by atoms with Gasteiger partial charge in [-0.1, -0.05) is 40.6 Å². The molecular formula is C24H20N5O4+. The number of urea groups is 2. The van der Waals surface area contributed by atoms with Gasteiger partial charge >= 0.3 is 18.2 Å². The molecule has 9 heteroatoms. The smallest absolute Gasteiger partial charge is 0.435 e. The minimum absolute atomic E-state index is 0.0978. The Morgan fingerprint density at radius 3 is 2.58 bits per heavy atom. The summed E-state index contributed by atoms with van der Waals surface area (Å²) in [5.74, 6) is 6.15. The number of anilines is 3. The quantitative estimate of drug-likeness (QED) is 0.410. The zero-order valence-electron chi connectivity index (χ0n) is 17.4. The summed E-state index contributed by atoms with van der Waals surface area (Å²) in [6, 6.07) is 16.9. The van der Waals surface area contributed by atoms with E-state index in [9.17, 15) is 19.5 Å². The Labute approximate surface area is 189 Å². The number of nitrogens with one attached hydrogen (secondary N) is 1. The van der Waals surface area contributed by atoms with Gasteiger partial charge in [0.15, 0.2) is 0 Å². The van der Waals surface area contributed by atoms with Crippen molar-refractivity contribution in [2.75, 3.05) is 29.0 Å². The first-order valence-corrected chi connectivity index (χ1v) is 10.0. The molecule has 1 aromatic heterocycles. The first-order chi connectivity index (χ1) is 15.9. The van der Waals surface area contributed by atoms with Crippen molar-refractivity contribution in [3.63, 3.8) is 0 Å². The van der Waals surface area contributed by atoms with Gasteiger partial charge in [0.1, 0.15) is 12.4 Å². The van der Waals surface area contributed by atoms with E-state index in [1.807, 2.05) is 0 Å². The molecule has 0 bridgehead atoms. The molecule has 1 aliphatic rings. The Morgan fingerprint density at radius 2 is 1.85 bits per heavy atom. The molecule has 33 heavy (non-hydrogen) atoms. The van der Waals surface area contributed by atoms with E-state index in [2.05, 4.69) is 22.1 Å². The number of nitrogens with zero attached hydrogens (tertiary/aromatic N) is 3. The van der Waals surface area contributed by atoms with Crippen LogP contribution in [0.25, 0.3) is 0 Å². The average molecular weight is 442 g/mol. The number of rotatable bonds is 2. The second-order valence-electron chi connectivity index (χ2n) is 7.28. The van der Waals surface area contributed by atoms with Crippen molar-refractivity contribution in [3.05, 3.63) is 84.1 Å². The molecule has 2 aromatic carbocycles. The van der Waals surface area contributed by atoms with Crippen molar-refractivity contribution in [2.24, 2.45) is 0 Å². The Hall–Kier alpha value is -4.68. The standard InChI is InChI=1S/C24H19N5O4/c25-21-18(7-5-13-26-21)12-11-17-6-4-8-19(16-17)27-22(30)29(24(32)33)15-14-28(23(29)31)20-9-2-1-3-10-20/h1-10,13,16H,14-15H2,(H3-,25,26,27,30,32,33)/p+1. The molecule has 1 saturated heterocycles. The van der Waals surface area contributed by atoms with Gasteiger partial charge in [-0.25, -0.2) is 14.6 Å². The first kappa shape index (κ1) is 21.5. The largest absolute Gasteiger partial charge is 0.532 e. The lowest BCUT2D eigenvalue weighted by Crippen LogP contribution is -2.60. The summed E-state index contributed by atoms with van der Waals surface area (Å²) in [6.45, 7) is -0.102. The minimum atomic E-state index is -1.54. The number of para-hydroxylation sites is 1. The van der Waals surface area contributed by atoms with E-state index < -0.39 is 22.6 Å². The Balaban J connectivity index is 1.57. The maximum atomic E-state index is 13.1. The second-order valence-corrected chi connectivity index (χ2v) is 7.28. The van der Waals surface area contributed by atoms with Gasteiger partial charge in [0.25, 0.3) is 0 Å². The van der Waals surface area contributed by atoms with E-state index in [1.165, 1.54) is 4.90 Å². The van der Waals surface area contributed by atoms with Gasteiger partial charge in [-0.2, -0.15) is 4.79 Å². The third-order valence-corrected chi connectivity index (χ3v) is 5.25. The normalized spacial score (nSPS) is 17.2. The molecule has 5 amide bonds. The number of benzene rings is 2. The number of hydrogen-bond acceptors (Lipinski definition) is 5. The number of carbonyl (C=O) groups excluding carboxylic acids is 2. The maximum Gasteiger partial charge on any atom is 0.532 e. The highest BCUT2D eigenvalue weighted by atomic mass is 16.4. The number of nitrogens with two attached hydrogens (primary N) is 1. The summed E-state index contributed by atoms with van der Waals surface area (Å²) < 4.78 is -1.38. The molecule has 1 aliphatic heterocycles. The third kappa shape index (κ3) is 4.11. The van der Waals surface area contributed by atoms with Crippen molar-refractivity contribution < 1.29 is 24.0 Å². The SMILES string of the molecule is Nc1ncccc1C#Cc1cccc(NC(=O)[N+]2(C(=O)O)CCN(c3ccccc3)C2=O)c1. The fourth-order valence-electron chi connectivity index (χ4n) is 3.50. The summed E-state index contributed by atoms with van der Waals surface area (Å²) in [5, 5.41) is 12.4. The molecule has 2 heterocycles. The summed E-state index contributed by atoms with van der Waals surface area (Å²) in [6.07, 6.45) is 0.0233. The summed E-state index contributed by atoms with van der Waals surface area (Å²) in [7, 11) is 0. The molecule has 1 unspecified atom stereocenters. The topological polar surface area (TPSA) is 126 Å². The van der Waals surface area contributed by atoms with Crippen LogP contribution in [-0.4, -0.2) is 45.8 Å². The molecule has 0 aliphatic carbocycles. The number of hydrogen-bond donors (Lipinski definition) is 3. The molecule has 1 atom stereocenters. The second kappa shape index (κ2) is 8.82. The van der Waals surface area contributed by atoms with Gasteiger partial charge in [0, 0.05) is 23.1 Å².